The van der Waals surface area contributed by atoms with Crippen molar-refractivity contribution < 1.29 is 0 Å². The fourth-order valence-corrected chi connectivity index (χ4v) is 3.42. The lowest BCUT2D eigenvalue weighted by Crippen LogP contribution is -2.27. The van der Waals surface area contributed by atoms with E-state index in [4.69, 9.17) is 28.2 Å². The normalized spacial score (nSPS) is 12.1. The molecule has 0 saturated carbocycles. The van der Waals surface area contributed by atoms with Crippen LogP contribution in [0, 0.1) is 0 Å². The van der Waals surface area contributed by atoms with Crippen LogP contribution in [0.2, 0.25) is 10.2 Å². The predicted molar refractivity (Wildman–Crippen MR) is 111 cm³/mol. The topological polar surface area (TPSA) is 72.7 Å². The van der Waals surface area contributed by atoms with Gasteiger partial charge in [-0.05, 0) is 31.2 Å². The average molecular weight is 412 g/mol. The molecule has 6 nitrogen and oxygen atoms in total. The summed E-state index contributed by atoms with van der Waals surface area (Å²) in [5.41, 5.74) is 1.01. The molecular weight excluding hydrogens is 397 g/mol. The summed E-state index contributed by atoms with van der Waals surface area (Å²) in [5, 5.41) is 4.30. The Balaban J connectivity index is 1.92. The standard InChI is InChI=1S/C20H15Cl2N5O/c1-12(25-17-10-16(22)23-11-24-17)19-26-15-9-5-8-14(21)18(15)20(28)27(19)13-6-3-2-4-7-13/h2-12H,1H3,(H,23,24,25)/t12-/m0/s1. The molecule has 8 heteroatoms. The Kier molecular flexibility index (Phi) is 4.98. The Morgan fingerprint density at radius 1 is 1.04 bits per heavy atom. The maximum Gasteiger partial charge on any atom is 0.267 e. The van der Waals surface area contributed by atoms with Gasteiger partial charge in [0.2, 0.25) is 0 Å². The number of nitrogens with zero attached hydrogens (tertiary/aromatic N) is 4. The van der Waals surface area contributed by atoms with Gasteiger partial charge in [0, 0.05) is 6.07 Å². The van der Waals surface area contributed by atoms with Crippen LogP contribution >= 0.6 is 23.2 Å². The Morgan fingerprint density at radius 3 is 2.57 bits per heavy atom. The van der Waals surface area contributed by atoms with Crippen LogP contribution in [0.5, 0.6) is 0 Å². The molecule has 0 spiro atoms. The van der Waals surface area contributed by atoms with E-state index in [1.54, 1.807) is 28.8 Å². The van der Waals surface area contributed by atoms with Gasteiger partial charge in [-0.3, -0.25) is 9.36 Å². The second kappa shape index (κ2) is 7.58. The first-order valence-corrected chi connectivity index (χ1v) is 9.31. The zero-order chi connectivity index (χ0) is 19.7. The zero-order valence-electron chi connectivity index (χ0n) is 14.8. The van der Waals surface area contributed by atoms with Gasteiger partial charge < -0.3 is 5.32 Å². The Morgan fingerprint density at radius 2 is 1.82 bits per heavy atom. The maximum absolute atomic E-state index is 13.3. The molecule has 0 unspecified atom stereocenters. The fourth-order valence-electron chi connectivity index (χ4n) is 3.02. The second-order valence-corrected chi connectivity index (χ2v) is 6.97. The molecule has 0 aliphatic rings. The minimum Gasteiger partial charge on any atom is -0.360 e. The summed E-state index contributed by atoms with van der Waals surface area (Å²) >= 11 is 12.2. The minimum absolute atomic E-state index is 0.230. The third kappa shape index (κ3) is 3.44. The van der Waals surface area contributed by atoms with Crippen molar-refractivity contribution in [3.05, 3.63) is 87.3 Å². The van der Waals surface area contributed by atoms with E-state index >= 15 is 0 Å². The van der Waals surface area contributed by atoms with Gasteiger partial charge in [0.1, 0.15) is 23.1 Å². The number of hydrogen-bond acceptors (Lipinski definition) is 5. The van der Waals surface area contributed by atoms with Crippen LogP contribution in [0.3, 0.4) is 0 Å². The molecule has 0 amide bonds. The van der Waals surface area contributed by atoms with E-state index in [0.717, 1.165) is 0 Å². The first kappa shape index (κ1) is 18.4. The van der Waals surface area contributed by atoms with E-state index in [-0.39, 0.29) is 11.6 Å². The number of anilines is 1. The molecule has 0 aliphatic heterocycles. The first-order chi connectivity index (χ1) is 13.5. The summed E-state index contributed by atoms with van der Waals surface area (Å²) in [6.45, 7) is 1.90. The van der Waals surface area contributed by atoms with Crippen LogP contribution in [0.25, 0.3) is 16.6 Å². The summed E-state index contributed by atoms with van der Waals surface area (Å²) in [7, 11) is 0. The quantitative estimate of drug-likeness (QED) is 0.494. The van der Waals surface area contributed by atoms with Crippen molar-refractivity contribution in [2.45, 2.75) is 13.0 Å². The summed E-state index contributed by atoms with van der Waals surface area (Å²) in [6.07, 6.45) is 1.37. The van der Waals surface area contributed by atoms with Gasteiger partial charge >= 0.3 is 0 Å². The molecule has 2 aromatic carbocycles. The highest BCUT2D eigenvalue weighted by atomic mass is 35.5. The van der Waals surface area contributed by atoms with Gasteiger partial charge in [-0.25, -0.2) is 15.0 Å². The minimum atomic E-state index is -0.345. The third-order valence-electron chi connectivity index (χ3n) is 4.27. The van der Waals surface area contributed by atoms with E-state index in [0.29, 0.717) is 38.4 Å². The Hall–Kier alpha value is -2.96. The highest BCUT2D eigenvalue weighted by molar-refractivity contribution is 6.35. The van der Waals surface area contributed by atoms with E-state index in [1.165, 1.54) is 6.33 Å². The zero-order valence-corrected chi connectivity index (χ0v) is 16.3. The molecule has 2 heterocycles. The smallest absolute Gasteiger partial charge is 0.267 e. The summed E-state index contributed by atoms with van der Waals surface area (Å²) in [5.74, 6) is 1.06. The monoisotopic (exact) mass is 411 g/mol. The van der Waals surface area contributed by atoms with Crippen molar-refractivity contribution in [3.8, 4) is 5.69 Å². The van der Waals surface area contributed by atoms with E-state index in [2.05, 4.69) is 15.3 Å². The molecule has 1 N–H and O–H groups in total. The van der Waals surface area contributed by atoms with Crippen molar-refractivity contribution in [3.63, 3.8) is 0 Å². The highest BCUT2D eigenvalue weighted by Crippen LogP contribution is 2.24. The molecular formula is C20H15Cl2N5O. The lowest BCUT2D eigenvalue weighted by atomic mass is 10.2. The SMILES string of the molecule is C[C@H](Nc1cc(Cl)ncn1)c1nc2cccc(Cl)c2c(=O)n1-c1ccccc1. The molecule has 4 aromatic rings. The molecule has 2 aromatic heterocycles. The number of fused-ring (bicyclic) bond motifs is 1. The second-order valence-electron chi connectivity index (χ2n) is 6.17. The largest absolute Gasteiger partial charge is 0.360 e. The van der Waals surface area contributed by atoms with Crippen LogP contribution in [0.1, 0.15) is 18.8 Å². The third-order valence-corrected chi connectivity index (χ3v) is 4.79. The summed E-state index contributed by atoms with van der Waals surface area (Å²) in [6, 6.07) is 15.8. The molecule has 1 atom stereocenters. The van der Waals surface area contributed by atoms with Gasteiger partial charge in [0.25, 0.3) is 5.56 Å². The van der Waals surface area contributed by atoms with Crippen molar-refractivity contribution in [2.75, 3.05) is 5.32 Å². The number of benzene rings is 2. The molecule has 0 aliphatic carbocycles. The maximum atomic E-state index is 13.3. The molecule has 140 valence electrons. The number of hydrogen-bond donors (Lipinski definition) is 1. The number of aromatic nitrogens is 4. The van der Waals surface area contributed by atoms with Crippen LogP contribution in [-0.4, -0.2) is 19.5 Å². The van der Waals surface area contributed by atoms with Crippen LogP contribution in [0.15, 0.2) is 65.7 Å². The molecule has 0 bridgehead atoms. The van der Waals surface area contributed by atoms with Crippen LogP contribution < -0.4 is 10.9 Å². The average Bonchev–Trinajstić information content (AvgIpc) is 2.68. The van der Waals surface area contributed by atoms with Gasteiger partial charge in [0.15, 0.2) is 0 Å². The number of halogens is 2. The molecule has 0 fully saturated rings. The van der Waals surface area contributed by atoms with E-state index < -0.39 is 0 Å². The highest BCUT2D eigenvalue weighted by Gasteiger charge is 2.19. The van der Waals surface area contributed by atoms with Crippen LogP contribution in [0.4, 0.5) is 5.82 Å². The van der Waals surface area contributed by atoms with Gasteiger partial charge in [0.05, 0.1) is 27.7 Å². The molecule has 28 heavy (non-hydrogen) atoms. The number of nitrogens with one attached hydrogen (secondary N) is 1. The fraction of sp³-hybridized carbons (Fsp3) is 0.100. The van der Waals surface area contributed by atoms with Crippen molar-refractivity contribution in [2.24, 2.45) is 0 Å². The molecule has 4 rings (SSSR count). The summed E-state index contributed by atoms with van der Waals surface area (Å²) < 4.78 is 1.56. The number of rotatable bonds is 4. The van der Waals surface area contributed by atoms with Crippen molar-refractivity contribution in [1.29, 1.82) is 0 Å². The lowest BCUT2D eigenvalue weighted by molar-refractivity contribution is 0.731. The van der Waals surface area contributed by atoms with E-state index in [1.807, 2.05) is 37.3 Å². The molecule has 0 saturated heterocycles. The van der Waals surface area contributed by atoms with E-state index in [9.17, 15) is 4.79 Å². The van der Waals surface area contributed by atoms with Crippen molar-refractivity contribution >= 4 is 39.9 Å². The number of para-hydroxylation sites is 1. The Labute approximate surface area is 170 Å². The van der Waals surface area contributed by atoms with Crippen LogP contribution in [-0.2, 0) is 0 Å². The lowest BCUT2D eigenvalue weighted by Gasteiger charge is -2.20. The molecule has 0 radical (unpaired) electrons. The van der Waals surface area contributed by atoms with Gasteiger partial charge in [-0.2, -0.15) is 0 Å². The van der Waals surface area contributed by atoms with Gasteiger partial charge in [-0.1, -0.05) is 47.5 Å². The van der Waals surface area contributed by atoms with Crippen molar-refractivity contribution in [1.82, 2.24) is 19.5 Å². The predicted octanol–water partition coefficient (Wildman–Crippen LogP) is 4.66. The Bertz CT molecular complexity index is 1210. The van der Waals surface area contributed by atoms with Gasteiger partial charge in [-0.15, -0.1) is 0 Å². The first-order valence-electron chi connectivity index (χ1n) is 8.55. The summed E-state index contributed by atoms with van der Waals surface area (Å²) in [4.78, 5) is 26.1.